The Morgan fingerprint density at radius 3 is 2.77 bits per heavy atom. The molecule has 4 heterocycles. The summed E-state index contributed by atoms with van der Waals surface area (Å²) >= 11 is 6.90. The normalized spacial score (nSPS) is 31.1. The topological polar surface area (TPSA) is 81.9 Å². The smallest absolute Gasteiger partial charge is 0.314 e. The third-order valence-electron chi connectivity index (χ3n) is 9.65. The highest BCUT2D eigenvalue weighted by atomic mass is 35.5. The average Bonchev–Trinajstić information content (AvgIpc) is 3.34. The molecular formula is C33H39ClFN5O3. The molecule has 2 aromatic carbocycles. The van der Waals surface area contributed by atoms with Crippen LogP contribution in [0, 0.1) is 5.92 Å². The average molecular weight is 608 g/mol. The SMILES string of the molecule is CC1OCCN(CCCOC2=NC3C(F)=C(c4cc(O)cc5ccccc45)C(Cl)=CC3C(N3CC4CCC(C3)N4)=N2)C1C. The van der Waals surface area contributed by atoms with Crippen molar-refractivity contribution in [2.45, 2.75) is 63.4 Å². The van der Waals surface area contributed by atoms with Crippen LogP contribution < -0.4 is 5.32 Å². The standard InChI is InChI=1S/C33H39ClFN5O3/c1-19-20(2)42-13-11-39(19)10-5-12-43-33-37-31-27(32(38-33)40-17-22-8-9-23(18-40)36-22)16-28(34)29(30(31)35)26-15-24(41)14-21-6-3-4-7-25(21)26/h3-4,6-7,14-16,19-20,22-23,27,31,36,41H,5,8-13,17-18H2,1-2H3. The maximum atomic E-state index is 16.8. The second kappa shape index (κ2) is 11.8. The number of hydrogen-bond donors (Lipinski definition) is 2. The van der Waals surface area contributed by atoms with Gasteiger partial charge in [0.1, 0.15) is 23.5 Å². The van der Waals surface area contributed by atoms with Crippen LogP contribution in [0.25, 0.3) is 16.3 Å². The van der Waals surface area contributed by atoms with Gasteiger partial charge < -0.3 is 24.8 Å². The van der Waals surface area contributed by atoms with Crippen LogP contribution in [0.4, 0.5) is 4.39 Å². The van der Waals surface area contributed by atoms with E-state index in [1.54, 1.807) is 12.1 Å². The monoisotopic (exact) mass is 607 g/mol. The lowest BCUT2D eigenvalue weighted by atomic mass is 9.84. The summed E-state index contributed by atoms with van der Waals surface area (Å²) in [6, 6.07) is 11.3. The van der Waals surface area contributed by atoms with Gasteiger partial charge in [-0.1, -0.05) is 41.9 Å². The minimum atomic E-state index is -0.853. The Bertz CT molecular complexity index is 1510. The molecule has 6 unspecified atom stereocenters. The molecule has 6 atom stereocenters. The predicted molar refractivity (Wildman–Crippen MR) is 168 cm³/mol. The molecule has 0 saturated carbocycles. The number of rotatable bonds is 5. The summed E-state index contributed by atoms with van der Waals surface area (Å²) < 4.78 is 28.7. The van der Waals surface area contributed by atoms with Gasteiger partial charge in [0.15, 0.2) is 0 Å². The van der Waals surface area contributed by atoms with Crippen LogP contribution in [0.5, 0.6) is 5.75 Å². The minimum absolute atomic E-state index is 0.0549. The maximum Gasteiger partial charge on any atom is 0.314 e. The van der Waals surface area contributed by atoms with Crippen molar-refractivity contribution in [3.63, 3.8) is 0 Å². The molecule has 2 N–H and O–H groups in total. The van der Waals surface area contributed by atoms with E-state index in [0.29, 0.717) is 35.3 Å². The number of phenols is 1. The van der Waals surface area contributed by atoms with E-state index in [0.717, 1.165) is 68.7 Å². The number of piperazine rings is 1. The summed E-state index contributed by atoms with van der Waals surface area (Å²) in [5.74, 6) is -0.0622. The molecule has 0 amide bonds. The van der Waals surface area contributed by atoms with Gasteiger partial charge in [-0.25, -0.2) is 9.38 Å². The number of allylic oxidation sites excluding steroid dienone is 2. The quantitative estimate of drug-likeness (QED) is 0.462. The van der Waals surface area contributed by atoms with Crippen molar-refractivity contribution in [2.24, 2.45) is 15.9 Å². The molecule has 0 radical (unpaired) electrons. The Morgan fingerprint density at radius 2 is 1.95 bits per heavy atom. The lowest BCUT2D eigenvalue weighted by Crippen LogP contribution is -2.56. The lowest BCUT2D eigenvalue weighted by Gasteiger charge is -2.40. The summed E-state index contributed by atoms with van der Waals surface area (Å²) in [4.78, 5) is 14.3. The summed E-state index contributed by atoms with van der Waals surface area (Å²) in [6.45, 7) is 8.87. The molecule has 8 nitrogen and oxygen atoms in total. The number of ether oxygens (including phenoxy) is 2. The number of nitrogens with zero attached hydrogens (tertiary/aromatic N) is 4. The number of aliphatic imine (C=N–C) groups is 2. The number of aromatic hydroxyl groups is 1. The van der Waals surface area contributed by atoms with Gasteiger partial charge in [0.2, 0.25) is 0 Å². The van der Waals surface area contributed by atoms with Crippen molar-refractivity contribution in [1.82, 2.24) is 15.1 Å². The van der Waals surface area contributed by atoms with Crippen molar-refractivity contribution < 1.29 is 19.0 Å². The molecule has 4 aliphatic heterocycles. The van der Waals surface area contributed by atoms with Crippen LogP contribution >= 0.6 is 11.6 Å². The molecule has 43 heavy (non-hydrogen) atoms. The van der Waals surface area contributed by atoms with E-state index in [-0.39, 0.29) is 23.4 Å². The molecule has 3 saturated heterocycles. The Hall–Kier alpha value is -2.98. The first-order valence-electron chi connectivity index (χ1n) is 15.5. The van der Waals surface area contributed by atoms with Gasteiger partial charge in [0.25, 0.3) is 0 Å². The largest absolute Gasteiger partial charge is 0.508 e. The van der Waals surface area contributed by atoms with Crippen LogP contribution in [0.3, 0.4) is 0 Å². The Morgan fingerprint density at radius 1 is 1.16 bits per heavy atom. The second-order valence-electron chi connectivity index (χ2n) is 12.4. The van der Waals surface area contributed by atoms with E-state index in [1.165, 1.54) is 0 Å². The highest BCUT2D eigenvalue weighted by Gasteiger charge is 2.43. The zero-order chi connectivity index (χ0) is 29.7. The predicted octanol–water partition coefficient (Wildman–Crippen LogP) is 5.07. The summed E-state index contributed by atoms with van der Waals surface area (Å²) in [7, 11) is 0. The molecule has 2 bridgehead atoms. The molecular weight excluding hydrogens is 569 g/mol. The van der Waals surface area contributed by atoms with Crippen molar-refractivity contribution >= 4 is 39.8 Å². The van der Waals surface area contributed by atoms with Crippen LogP contribution in [-0.4, -0.2) is 96.4 Å². The number of nitrogens with one attached hydrogen (secondary N) is 1. The maximum absolute atomic E-state index is 16.8. The highest BCUT2D eigenvalue weighted by Crippen LogP contribution is 2.45. The molecule has 0 aromatic heterocycles. The van der Waals surface area contributed by atoms with Crippen molar-refractivity contribution in [3.8, 4) is 5.75 Å². The van der Waals surface area contributed by atoms with E-state index in [1.807, 2.05) is 30.3 Å². The van der Waals surface area contributed by atoms with Gasteiger partial charge in [0.05, 0.1) is 25.2 Å². The first-order valence-corrected chi connectivity index (χ1v) is 15.9. The van der Waals surface area contributed by atoms with Gasteiger partial charge in [0, 0.05) is 54.9 Å². The van der Waals surface area contributed by atoms with Crippen molar-refractivity contribution in [2.75, 3.05) is 39.4 Å². The fourth-order valence-electron chi connectivity index (χ4n) is 7.26. The van der Waals surface area contributed by atoms with Gasteiger partial charge >= 0.3 is 6.02 Å². The summed E-state index contributed by atoms with van der Waals surface area (Å²) in [6.07, 6.45) is 5.14. The van der Waals surface area contributed by atoms with Crippen LogP contribution in [-0.2, 0) is 9.47 Å². The minimum Gasteiger partial charge on any atom is -0.508 e. The number of fused-ring (bicyclic) bond motifs is 4. The Kier molecular flexibility index (Phi) is 7.92. The number of morpholine rings is 1. The second-order valence-corrected chi connectivity index (χ2v) is 12.8. The fraction of sp³-hybridized carbons (Fsp3) is 0.515. The molecule has 10 heteroatoms. The zero-order valence-electron chi connectivity index (χ0n) is 24.7. The molecule has 5 aliphatic rings. The van der Waals surface area contributed by atoms with Gasteiger partial charge in [-0.15, -0.1) is 0 Å². The van der Waals surface area contributed by atoms with E-state index >= 15 is 4.39 Å². The van der Waals surface area contributed by atoms with Crippen LogP contribution in [0.1, 0.15) is 38.7 Å². The number of amidine groups is 2. The zero-order valence-corrected chi connectivity index (χ0v) is 25.4. The first kappa shape index (κ1) is 28.8. The molecule has 7 rings (SSSR count). The molecule has 228 valence electrons. The number of benzene rings is 2. The van der Waals surface area contributed by atoms with Crippen LogP contribution in [0.15, 0.2) is 63.3 Å². The molecule has 2 aromatic rings. The number of halogens is 2. The van der Waals surface area contributed by atoms with Gasteiger partial charge in [-0.3, -0.25) is 4.90 Å². The lowest BCUT2D eigenvalue weighted by molar-refractivity contribution is -0.0561. The highest BCUT2D eigenvalue weighted by molar-refractivity contribution is 6.38. The summed E-state index contributed by atoms with van der Waals surface area (Å²) in [5.41, 5.74) is 0.804. The molecule has 1 aliphatic carbocycles. The first-order chi connectivity index (χ1) is 20.9. The summed E-state index contributed by atoms with van der Waals surface area (Å²) in [5, 5.41) is 16.1. The Labute approximate surface area is 256 Å². The van der Waals surface area contributed by atoms with Gasteiger partial charge in [-0.05, 0) is 61.6 Å². The molecule has 3 fully saturated rings. The van der Waals surface area contributed by atoms with Crippen LogP contribution in [0.2, 0.25) is 0 Å². The van der Waals surface area contributed by atoms with E-state index < -0.39 is 17.8 Å². The van der Waals surface area contributed by atoms with Gasteiger partial charge in [-0.2, -0.15) is 4.99 Å². The fourth-order valence-corrected chi connectivity index (χ4v) is 7.59. The van der Waals surface area contributed by atoms with E-state index in [4.69, 9.17) is 31.1 Å². The van der Waals surface area contributed by atoms with E-state index in [9.17, 15) is 5.11 Å². The third kappa shape index (κ3) is 5.57. The number of likely N-dealkylation sites (tertiary alicyclic amines) is 1. The number of hydrogen-bond acceptors (Lipinski definition) is 8. The Balaban J connectivity index is 1.19. The van der Waals surface area contributed by atoms with E-state index in [2.05, 4.69) is 29.0 Å². The third-order valence-corrected chi connectivity index (χ3v) is 9.97. The number of phenolic OH excluding ortho intramolecular Hbond substituents is 1. The molecule has 0 spiro atoms. The van der Waals surface area contributed by atoms with Crippen molar-refractivity contribution in [1.29, 1.82) is 0 Å². The van der Waals surface area contributed by atoms with Crippen molar-refractivity contribution in [3.05, 3.63) is 58.9 Å².